The molecule has 0 saturated carbocycles. The van der Waals surface area contributed by atoms with Crippen molar-refractivity contribution in [3.8, 4) is 6.07 Å². The van der Waals surface area contributed by atoms with Crippen LogP contribution in [-0.4, -0.2) is 35.6 Å². The number of carbonyl (C=O) groups excluding carboxylic acids is 2. The Labute approximate surface area is 173 Å². The number of aliphatic imine (C=N–C) groups is 1. The standard InChI is InChI=1S/C20H24N2O4S2/c1-6-25-19(24)16-12(2)22-18(28-11-15(23)26-20(3,4)5)13(10-21)17(16)14-8-7-9-27-14/h7-9,16-17H,6,11H2,1-5H3/t16?,17-/m1/s1. The largest absolute Gasteiger partial charge is 0.465 e. The second-order valence-corrected chi connectivity index (χ2v) is 9.13. The number of thioether (sulfide) groups is 1. The van der Waals surface area contributed by atoms with Gasteiger partial charge in [0.25, 0.3) is 0 Å². The van der Waals surface area contributed by atoms with E-state index in [4.69, 9.17) is 9.47 Å². The van der Waals surface area contributed by atoms with Crippen LogP contribution < -0.4 is 0 Å². The molecule has 0 N–H and O–H groups in total. The van der Waals surface area contributed by atoms with Crippen LogP contribution in [0.3, 0.4) is 0 Å². The summed E-state index contributed by atoms with van der Waals surface area (Å²) in [5.41, 5.74) is 0.367. The lowest BCUT2D eigenvalue weighted by Crippen LogP contribution is -2.33. The van der Waals surface area contributed by atoms with Gasteiger partial charge in [0, 0.05) is 16.5 Å². The monoisotopic (exact) mass is 420 g/mol. The van der Waals surface area contributed by atoms with Gasteiger partial charge in [-0.1, -0.05) is 17.8 Å². The average Bonchev–Trinajstić information content (AvgIpc) is 3.12. The summed E-state index contributed by atoms with van der Waals surface area (Å²) in [6, 6.07) is 5.99. The fraction of sp³-hybridized carbons (Fsp3) is 0.500. The number of thiophene rings is 1. The van der Waals surface area contributed by atoms with E-state index in [1.165, 1.54) is 11.3 Å². The van der Waals surface area contributed by atoms with Gasteiger partial charge in [-0.2, -0.15) is 5.26 Å². The Morgan fingerprint density at radius 3 is 2.64 bits per heavy atom. The number of carbonyl (C=O) groups is 2. The third-order valence-corrected chi connectivity index (χ3v) is 5.78. The minimum absolute atomic E-state index is 0.0375. The van der Waals surface area contributed by atoms with Crippen molar-refractivity contribution in [2.45, 2.75) is 46.1 Å². The van der Waals surface area contributed by atoms with Gasteiger partial charge in [0.2, 0.25) is 0 Å². The molecule has 0 fully saturated rings. The molecule has 0 aliphatic carbocycles. The summed E-state index contributed by atoms with van der Waals surface area (Å²) >= 11 is 2.63. The summed E-state index contributed by atoms with van der Waals surface area (Å²) in [6.45, 7) is 9.16. The van der Waals surface area contributed by atoms with Crippen LogP contribution in [0.2, 0.25) is 0 Å². The molecule has 1 aliphatic rings. The molecule has 28 heavy (non-hydrogen) atoms. The third-order valence-electron chi connectivity index (χ3n) is 3.86. The quantitative estimate of drug-likeness (QED) is 0.638. The molecule has 8 heteroatoms. The first-order chi connectivity index (χ1) is 13.2. The number of nitrogens with zero attached hydrogens (tertiary/aromatic N) is 2. The van der Waals surface area contributed by atoms with Crippen molar-refractivity contribution in [2.75, 3.05) is 12.4 Å². The Balaban J connectivity index is 2.36. The highest BCUT2D eigenvalue weighted by Gasteiger charge is 2.41. The molecule has 1 aliphatic heterocycles. The van der Waals surface area contributed by atoms with Gasteiger partial charge in [-0.25, -0.2) is 4.99 Å². The molecule has 0 bridgehead atoms. The summed E-state index contributed by atoms with van der Waals surface area (Å²) in [5.74, 6) is -1.86. The molecule has 0 saturated heterocycles. The van der Waals surface area contributed by atoms with Crippen molar-refractivity contribution in [2.24, 2.45) is 10.9 Å². The van der Waals surface area contributed by atoms with Crippen molar-refractivity contribution in [3.05, 3.63) is 33.0 Å². The Bertz CT molecular complexity index is 829. The van der Waals surface area contributed by atoms with Gasteiger partial charge in [0.1, 0.15) is 16.5 Å². The molecule has 150 valence electrons. The molecular weight excluding hydrogens is 396 g/mol. The Hall–Kier alpha value is -2.11. The van der Waals surface area contributed by atoms with Crippen LogP contribution in [0.4, 0.5) is 0 Å². The fourth-order valence-corrected chi connectivity index (χ4v) is 4.59. The number of allylic oxidation sites excluding steroid dienone is 1. The van der Waals surface area contributed by atoms with Gasteiger partial charge >= 0.3 is 11.9 Å². The predicted molar refractivity (Wildman–Crippen MR) is 111 cm³/mol. The van der Waals surface area contributed by atoms with E-state index < -0.39 is 23.4 Å². The van der Waals surface area contributed by atoms with Gasteiger partial charge < -0.3 is 9.47 Å². The van der Waals surface area contributed by atoms with E-state index in [0.29, 0.717) is 16.3 Å². The highest BCUT2D eigenvalue weighted by molar-refractivity contribution is 8.03. The molecule has 0 spiro atoms. The zero-order chi connectivity index (χ0) is 20.9. The molecule has 1 aromatic rings. The molecule has 6 nitrogen and oxygen atoms in total. The van der Waals surface area contributed by atoms with Crippen molar-refractivity contribution >= 4 is 40.7 Å². The van der Waals surface area contributed by atoms with E-state index in [1.54, 1.807) is 34.6 Å². The second-order valence-electron chi connectivity index (χ2n) is 7.18. The normalized spacial score (nSPS) is 19.6. The molecule has 2 atom stereocenters. The maximum absolute atomic E-state index is 12.6. The summed E-state index contributed by atoms with van der Waals surface area (Å²) in [7, 11) is 0. The van der Waals surface area contributed by atoms with E-state index in [-0.39, 0.29) is 18.3 Å². The lowest BCUT2D eigenvalue weighted by atomic mass is 9.81. The van der Waals surface area contributed by atoms with E-state index in [9.17, 15) is 14.9 Å². The highest BCUT2D eigenvalue weighted by Crippen LogP contribution is 2.43. The zero-order valence-corrected chi connectivity index (χ0v) is 18.3. The number of hydrogen-bond acceptors (Lipinski definition) is 8. The van der Waals surface area contributed by atoms with Crippen molar-refractivity contribution in [3.63, 3.8) is 0 Å². The number of esters is 2. The highest BCUT2D eigenvalue weighted by atomic mass is 32.2. The van der Waals surface area contributed by atoms with Crippen LogP contribution in [0.25, 0.3) is 0 Å². The Morgan fingerprint density at radius 2 is 2.11 bits per heavy atom. The first-order valence-corrected chi connectivity index (χ1v) is 10.8. The SMILES string of the molecule is CCOC(=O)C1C(C)=NC(SCC(=O)OC(C)(C)C)=C(C#N)[C@@H]1c1cccs1. The van der Waals surface area contributed by atoms with E-state index in [1.807, 2.05) is 17.5 Å². The van der Waals surface area contributed by atoms with Gasteiger partial charge in [0.15, 0.2) is 0 Å². The van der Waals surface area contributed by atoms with Gasteiger partial charge in [-0.3, -0.25) is 9.59 Å². The number of rotatable bonds is 6. The molecule has 2 rings (SSSR count). The average molecular weight is 421 g/mol. The molecule has 2 heterocycles. The maximum Gasteiger partial charge on any atom is 0.316 e. The van der Waals surface area contributed by atoms with Crippen LogP contribution >= 0.6 is 23.1 Å². The third kappa shape index (κ3) is 5.46. The van der Waals surface area contributed by atoms with Crippen LogP contribution in [0.5, 0.6) is 0 Å². The maximum atomic E-state index is 12.6. The van der Waals surface area contributed by atoms with E-state index in [0.717, 1.165) is 16.6 Å². The summed E-state index contributed by atoms with van der Waals surface area (Å²) in [6.07, 6.45) is 0. The van der Waals surface area contributed by atoms with Gasteiger partial charge in [-0.15, -0.1) is 11.3 Å². The summed E-state index contributed by atoms with van der Waals surface area (Å²) in [5, 5.41) is 12.2. The van der Waals surface area contributed by atoms with Crippen molar-refractivity contribution in [1.82, 2.24) is 0 Å². The smallest absolute Gasteiger partial charge is 0.316 e. The molecule has 0 aromatic carbocycles. The van der Waals surface area contributed by atoms with Crippen LogP contribution in [0.15, 0.2) is 33.1 Å². The molecule has 0 radical (unpaired) electrons. The van der Waals surface area contributed by atoms with Crippen molar-refractivity contribution < 1.29 is 19.1 Å². The van der Waals surface area contributed by atoms with Crippen molar-refractivity contribution in [1.29, 1.82) is 5.26 Å². The number of hydrogen-bond donors (Lipinski definition) is 0. The first-order valence-electron chi connectivity index (χ1n) is 8.92. The molecule has 1 unspecified atom stereocenters. The van der Waals surface area contributed by atoms with Crippen LogP contribution in [0, 0.1) is 17.2 Å². The van der Waals surface area contributed by atoms with Gasteiger partial charge in [0.05, 0.1) is 24.0 Å². The Morgan fingerprint density at radius 1 is 1.39 bits per heavy atom. The topological polar surface area (TPSA) is 88.8 Å². The fourth-order valence-electron chi connectivity index (χ4n) is 2.87. The van der Waals surface area contributed by atoms with Crippen LogP contribution in [0.1, 0.15) is 45.4 Å². The summed E-state index contributed by atoms with van der Waals surface area (Å²) in [4.78, 5) is 30.0. The molecule has 0 amide bonds. The first kappa shape index (κ1) is 22.2. The van der Waals surface area contributed by atoms with Crippen LogP contribution in [-0.2, 0) is 19.1 Å². The van der Waals surface area contributed by atoms with E-state index in [2.05, 4.69) is 11.1 Å². The lowest BCUT2D eigenvalue weighted by molar-refractivity contribution is -0.151. The number of ether oxygens (including phenoxy) is 2. The number of nitriles is 1. The molecular formula is C20H24N2O4S2. The minimum Gasteiger partial charge on any atom is -0.465 e. The van der Waals surface area contributed by atoms with E-state index >= 15 is 0 Å². The summed E-state index contributed by atoms with van der Waals surface area (Å²) < 4.78 is 10.6. The van der Waals surface area contributed by atoms with Gasteiger partial charge in [-0.05, 0) is 46.1 Å². The zero-order valence-electron chi connectivity index (χ0n) is 16.6. The lowest BCUT2D eigenvalue weighted by Gasteiger charge is -2.29. The minimum atomic E-state index is -0.654. The molecule has 1 aromatic heterocycles. The Kier molecular flexibility index (Phi) is 7.44. The second kappa shape index (κ2) is 9.39. The predicted octanol–water partition coefficient (Wildman–Crippen LogP) is 4.30.